The van der Waals surface area contributed by atoms with Crippen molar-refractivity contribution in [2.75, 3.05) is 6.61 Å². The molecule has 0 bridgehead atoms. The summed E-state index contributed by atoms with van der Waals surface area (Å²) in [5.74, 6) is -0.100. The van der Waals surface area contributed by atoms with Crippen molar-refractivity contribution in [3.63, 3.8) is 0 Å². The molecule has 4 nitrogen and oxygen atoms in total. The van der Waals surface area contributed by atoms with Crippen molar-refractivity contribution in [3.05, 3.63) is 59.1 Å². The molecule has 0 radical (unpaired) electrons. The number of alkyl halides is 3. The van der Waals surface area contributed by atoms with Crippen molar-refractivity contribution < 1.29 is 22.7 Å². The second-order valence-electron chi connectivity index (χ2n) is 7.17. The summed E-state index contributed by atoms with van der Waals surface area (Å²) < 4.78 is 41.5. The molecule has 3 aromatic rings. The Labute approximate surface area is 169 Å². The van der Waals surface area contributed by atoms with E-state index < -0.39 is 12.8 Å². The molecule has 1 saturated carbocycles. The van der Waals surface area contributed by atoms with Crippen LogP contribution >= 0.6 is 11.3 Å². The maximum atomic E-state index is 12.6. The second kappa shape index (κ2) is 7.67. The zero-order valence-electron chi connectivity index (χ0n) is 15.6. The molecule has 0 aliphatic heterocycles. The van der Waals surface area contributed by atoms with Gasteiger partial charge in [0.15, 0.2) is 11.7 Å². The second-order valence-corrected chi connectivity index (χ2v) is 8.25. The molecule has 2 aromatic heterocycles. The Morgan fingerprint density at radius 1 is 1.24 bits per heavy atom. The SMILES string of the molecule is C[C@@H](NC(=O)[C@H]1C[C@@H]1c1ccc2ccccc2n1)c1ccc(OCC(F)(F)F)s1. The van der Waals surface area contributed by atoms with Gasteiger partial charge in [-0.2, -0.15) is 13.2 Å². The number of thiophene rings is 1. The lowest BCUT2D eigenvalue weighted by Crippen LogP contribution is -2.28. The van der Waals surface area contributed by atoms with E-state index in [2.05, 4.69) is 10.3 Å². The fourth-order valence-corrected chi connectivity index (χ4v) is 4.15. The van der Waals surface area contributed by atoms with Crippen LogP contribution in [0.25, 0.3) is 10.9 Å². The molecule has 1 fully saturated rings. The van der Waals surface area contributed by atoms with Crippen LogP contribution in [0.2, 0.25) is 0 Å². The topological polar surface area (TPSA) is 51.2 Å². The van der Waals surface area contributed by atoms with Crippen molar-refractivity contribution in [1.82, 2.24) is 10.3 Å². The number of ether oxygens (including phenoxy) is 1. The van der Waals surface area contributed by atoms with Gasteiger partial charge in [-0.05, 0) is 37.6 Å². The number of aromatic nitrogens is 1. The lowest BCUT2D eigenvalue weighted by Gasteiger charge is -2.12. The maximum absolute atomic E-state index is 12.6. The van der Waals surface area contributed by atoms with E-state index in [0.717, 1.165) is 39.2 Å². The van der Waals surface area contributed by atoms with Gasteiger partial charge in [-0.1, -0.05) is 24.3 Å². The van der Waals surface area contributed by atoms with Crippen molar-refractivity contribution in [2.24, 2.45) is 5.92 Å². The standard InChI is InChI=1S/C21H19F3N2O2S/c1-12(18-8-9-19(29-18)28-11-21(22,23)24)25-20(27)15-10-14(15)17-7-6-13-4-2-3-5-16(13)26-17/h2-9,12,14-15H,10-11H2,1H3,(H,25,27)/t12-,14+,15+/m1/s1. The van der Waals surface area contributed by atoms with E-state index in [4.69, 9.17) is 4.74 Å². The molecule has 0 unspecified atom stereocenters. The fraction of sp³-hybridized carbons (Fsp3) is 0.333. The summed E-state index contributed by atoms with van der Waals surface area (Å²) in [4.78, 5) is 18.0. The Bertz CT molecular complexity index is 1030. The Morgan fingerprint density at radius 2 is 2.03 bits per heavy atom. The van der Waals surface area contributed by atoms with E-state index >= 15 is 0 Å². The molecule has 1 aliphatic rings. The summed E-state index contributed by atoms with van der Waals surface area (Å²) in [5.41, 5.74) is 1.82. The summed E-state index contributed by atoms with van der Waals surface area (Å²) in [6.45, 7) is 0.485. The van der Waals surface area contributed by atoms with Crippen molar-refractivity contribution in [2.45, 2.75) is 31.5 Å². The number of rotatable bonds is 6. The van der Waals surface area contributed by atoms with Crippen LogP contribution in [0.3, 0.4) is 0 Å². The van der Waals surface area contributed by atoms with Crippen LogP contribution in [0, 0.1) is 5.92 Å². The zero-order chi connectivity index (χ0) is 20.6. The van der Waals surface area contributed by atoms with Gasteiger partial charge in [0.2, 0.25) is 5.91 Å². The first-order valence-corrected chi connectivity index (χ1v) is 10.1. The highest BCUT2D eigenvalue weighted by molar-refractivity contribution is 7.13. The molecule has 0 saturated heterocycles. The van der Waals surface area contributed by atoms with E-state index in [1.54, 1.807) is 6.07 Å². The van der Waals surface area contributed by atoms with Crippen LogP contribution in [0.5, 0.6) is 5.06 Å². The Hall–Kier alpha value is -2.61. The number of carbonyl (C=O) groups is 1. The highest BCUT2D eigenvalue weighted by atomic mass is 32.1. The average molecular weight is 420 g/mol. The molecule has 1 amide bonds. The van der Waals surface area contributed by atoms with E-state index in [1.807, 2.05) is 43.3 Å². The zero-order valence-corrected chi connectivity index (χ0v) is 16.4. The largest absolute Gasteiger partial charge is 0.475 e. The molecular weight excluding hydrogens is 401 g/mol. The molecule has 2 heterocycles. The minimum Gasteiger partial charge on any atom is -0.475 e. The van der Waals surface area contributed by atoms with Gasteiger partial charge in [0.1, 0.15) is 0 Å². The van der Waals surface area contributed by atoms with E-state index in [-0.39, 0.29) is 28.8 Å². The number of hydrogen-bond acceptors (Lipinski definition) is 4. The Balaban J connectivity index is 1.34. The number of nitrogens with one attached hydrogen (secondary N) is 1. The molecular formula is C21H19F3N2O2S. The van der Waals surface area contributed by atoms with Crippen LogP contribution in [-0.4, -0.2) is 23.7 Å². The van der Waals surface area contributed by atoms with Gasteiger partial charge in [-0.15, -0.1) is 11.3 Å². The van der Waals surface area contributed by atoms with Crippen molar-refractivity contribution in [3.8, 4) is 5.06 Å². The van der Waals surface area contributed by atoms with Gasteiger partial charge in [0.25, 0.3) is 0 Å². The average Bonchev–Trinajstić information content (AvgIpc) is 3.35. The third-order valence-electron chi connectivity index (χ3n) is 4.89. The first-order valence-electron chi connectivity index (χ1n) is 9.25. The summed E-state index contributed by atoms with van der Waals surface area (Å²) in [6.07, 6.45) is -3.63. The summed E-state index contributed by atoms with van der Waals surface area (Å²) in [6, 6.07) is 14.7. The number of amides is 1. The van der Waals surface area contributed by atoms with E-state index in [1.165, 1.54) is 6.07 Å². The van der Waals surface area contributed by atoms with Crippen LogP contribution in [0.4, 0.5) is 13.2 Å². The van der Waals surface area contributed by atoms with Crippen LogP contribution < -0.4 is 10.1 Å². The molecule has 1 N–H and O–H groups in total. The molecule has 4 rings (SSSR count). The lowest BCUT2D eigenvalue weighted by atomic mass is 10.1. The highest BCUT2D eigenvalue weighted by Crippen LogP contribution is 2.47. The first kappa shape index (κ1) is 19.7. The van der Waals surface area contributed by atoms with Gasteiger partial charge in [-0.3, -0.25) is 9.78 Å². The maximum Gasteiger partial charge on any atom is 0.422 e. The van der Waals surface area contributed by atoms with E-state index in [0.29, 0.717) is 0 Å². The third kappa shape index (κ3) is 4.70. The number of nitrogens with zero attached hydrogens (tertiary/aromatic N) is 1. The highest BCUT2D eigenvalue weighted by Gasteiger charge is 2.45. The number of para-hydroxylation sites is 1. The van der Waals surface area contributed by atoms with Crippen molar-refractivity contribution >= 4 is 28.1 Å². The molecule has 152 valence electrons. The molecule has 1 aromatic carbocycles. The van der Waals surface area contributed by atoms with Gasteiger partial charge >= 0.3 is 6.18 Å². The molecule has 8 heteroatoms. The van der Waals surface area contributed by atoms with Crippen LogP contribution in [0.15, 0.2) is 48.5 Å². The van der Waals surface area contributed by atoms with Crippen LogP contribution in [0.1, 0.15) is 35.9 Å². The monoisotopic (exact) mass is 420 g/mol. The van der Waals surface area contributed by atoms with Gasteiger partial charge < -0.3 is 10.1 Å². The molecule has 0 spiro atoms. The number of carbonyl (C=O) groups excluding carboxylic acids is 1. The van der Waals surface area contributed by atoms with Gasteiger partial charge in [0.05, 0.1) is 11.6 Å². The first-order chi connectivity index (χ1) is 13.8. The minimum absolute atomic E-state index is 0.0661. The smallest absolute Gasteiger partial charge is 0.422 e. The van der Waals surface area contributed by atoms with Crippen molar-refractivity contribution in [1.29, 1.82) is 0 Å². The quantitative estimate of drug-likeness (QED) is 0.595. The number of benzene rings is 1. The predicted molar refractivity (Wildman–Crippen MR) is 105 cm³/mol. The number of halogens is 3. The fourth-order valence-electron chi connectivity index (χ4n) is 3.29. The summed E-state index contributed by atoms with van der Waals surface area (Å²) in [5, 5.41) is 4.19. The Kier molecular flexibility index (Phi) is 5.21. The number of hydrogen-bond donors (Lipinski definition) is 1. The Morgan fingerprint density at radius 3 is 2.83 bits per heavy atom. The summed E-state index contributed by atoms with van der Waals surface area (Å²) in [7, 11) is 0. The van der Waals surface area contributed by atoms with Crippen LogP contribution in [-0.2, 0) is 4.79 Å². The normalized spacial score (nSPS) is 19.7. The van der Waals surface area contributed by atoms with Gasteiger partial charge in [0, 0.05) is 27.8 Å². The lowest BCUT2D eigenvalue weighted by molar-refractivity contribution is -0.152. The third-order valence-corrected chi connectivity index (χ3v) is 6.07. The molecule has 29 heavy (non-hydrogen) atoms. The van der Waals surface area contributed by atoms with Gasteiger partial charge in [-0.25, -0.2) is 0 Å². The number of fused-ring (bicyclic) bond motifs is 1. The molecule has 3 atom stereocenters. The summed E-state index contributed by atoms with van der Waals surface area (Å²) >= 11 is 1.11. The predicted octanol–water partition coefficient (Wildman–Crippen LogP) is 5.22. The van der Waals surface area contributed by atoms with E-state index in [9.17, 15) is 18.0 Å². The molecule has 1 aliphatic carbocycles. The minimum atomic E-state index is -4.37. The number of pyridine rings is 1.